The molecule has 1 N–H and O–H groups in total. The molecule has 0 saturated carbocycles. The fraction of sp³-hybridized carbons (Fsp3) is 0.667. The van der Waals surface area contributed by atoms with E-state index in [0.29, 0.717) is 11.8 Å². The van der Waals surface area contributed by atoms with Gasteiger partial charge in [-0.25, -0.2) is 0 Å². The van der Waals surface area contributed by atoms with Crippen molar-refractivity contribution in [2.24, 2.45) is 11.8 Å². The summed E-state index contributed by atoms with van der Waals surface area (Å²) in [6.45, 7) is 16.0. The molecule has 1 rings (SSSR count). The van der Waals surface area contributed by atoms with Crippen LogP contribution in [0.2, 0.25) is 0 Å². The summed E-state index contributed by atoms with van der Waals surface area (Å²) in [6, 6.07) is 4.48. The van der Waals surface area contributed by atoms with Crippen molar-refractivity contribution in [3.8, 4) is 5.75 Å². The second-order valence-electron chi connectivity index (χ2n) is 6.61. The lowest BCUT2D eigenvalue weighted by Gasteiger charge is -2.15. The first-order valence-electron chi connectivity index (χ1n) is 7.83. The molecule has 0 atom stereocenters. The van der Waals surface area contributed by atoms with Gasteiger partial charge in [-0.05, 0) is 55.3 Å². The molecule has 2 heteroatoms. The molecule has 0 unspecified atom stereocenters. The van der Waals surface area contributed by atoms with Gasteiger partial charge in [0, 0.05) is 6.54 Å². The molecule has 0 aliphatic rings. The maximum absolute atomic E-state index is 5.96. The largest absolute Gasteiger partial charge is 0.493 e. The topological polar surface area (TPSA) is 21.3 Å². The number of hydrogen-bond donors (Lipinski definition) is 1. The summed E-state index contributed by atoms with van der Waals surface area (Å²) in [5.74, 6) is 2.45. The van der Waals surface area contributed by atoms with E-state index in [1.807, 2.05) is 0 Å². The van der Waals surface area contributed by atoms with E-state index < -0.39 is 0 Å². The normalized spacial score (nSPS) is 11.4. The molecule has 0 saturated heterocycles. The van der Waals surface area contributed by atoms with Gasteiger partial charge in [0.15, 0.2) is 0 Å². The fourth-order valence-electron chi connectivity index (χ4n) is 2.27. The predicted molar refractivity (Wildman–Crippen MR) is 87.4 cm³/mol. The van der Waals surface area contributed by atoms with Crippen LogP contribution in [0.25, 0.3) is 0 Å². The molecule has 0 radical (unpaired) electrons. The first kappa shape index (κ1) is 17.0. The molecular weight excluding hydrogens is 246 g/mol. The van der Waals surface area contributed by atoms with Crippen LogP contribution in [0.1, 0.15) is 50.8 Å². The van der Waals surface area contributed by atoms with Crippen molar-refractivity contribution in [3.63, 3.8) is 0 Å². The van der Waals surface area contributed by atoms with Crippen LogP contribution in [0.15, 0.2) is 12.1 Å². The second kappa shape index (κ2) is 8.31. The lowest BCUT2D eigenvalue weighted by atomic mass is 10.1. The van der Waals surface area contributed by atoms with E-state index in [1.165, 1.54) is 16.7 Å². The zero-order chi connectivity index (χ0) is 15.1. The van der Waals surface area contributed by atoms with E-state index in [1.54, 1.807) is 0 Å². The van der Waals surface area contributed by atoms with Crippen LogP contribution in [-0.2, 0) is 6.54 Å². The Morgan fingerprint density at radius 3 is 2.10 bits per heavy atom. The molecule has 1 aromatic rings. The van der Waals surface area contributed by atoms with Crippen LogP contribution >= 0.6 is 0 Å². The molecule has 2 nitrogen and oxygen atoms in total. The van der Waals surface area contributed by atoms with Gasteiger partial charge in [0.25, 0.3) is 0 Å². The van der Waals surface area contributed by atoms with Crippen LogP contribution in [0.3, 0.4) is 0 Å². The minimum atomic E-state index is 0.690. The van der Waals surface area contributed by atoms with Gasteiger partial charge >= 0.3 is 0 Å². The van der Waals surface area contributed by atoms with E-state index >= 15 is 0 Å². The Hall–Kier alpha value is -1.02. The van der Waals surface area contributed by atoms with E-state index in [-0.39, 0.29) is 0 Å². The molecule has 0 aliphatic carbocycles. The molecule has 0 aromatic heterocycles. The van der Waals surface area contributed by atoms with Crippen molar-refractivity contribution in [1.82, 2.24) is 5.32 Å². The van der Waals surface area contributed by atoms with Gasteiger partial charge < -0.3 is 10.1 Å². The highest BCUT2D eigenvalue weighted by Gasteiger charge is 2.07. The van der Waals surface area contributed by atoms with Crippen LogP contribution in [0, 0.1) is 25.7 Å². The van der Waals surface area contributed by atoms with E-state index in [9.17, 15) is 0 Å². The Morgan fingerprint density at radius 2 is 1.60 bits per heavy atom. The van der Waals surface area contributed by atoms with Gasteiger partial charge in [-0.2, -0.15) is 0 Å². The number of benzene rings is 1. The average molecular weight is 277 g/mol. The fourth-order valence-corrected chi connectivity index (χ4v) is 2.27. The van der Waals surface area contributed by atoms with Crippen LogP contribution in [0.4, 0.5) is 0 Å². The molecule has 0 heterocycles. The first-order valence-corrected chi connectivity index (χ1v) is 7.83. The summed E-state index contributed by atoms with van der Waals surface area (Å²) >= 11 is 0. The number of rotatable bonds is 8. The summed E-state index contributed by atoms with van der Waals surface area (Å²) in [4.78, 5) is 0. The van der Waals surface area contributed by atoms with Crippen molar-refractivity contribution in [1.29, 1.82) is 0 Å². The van der Waals surface area contributed by atoms with E-state index in [2.05, 4.69) is 59.0 Å². The average Bonchev–Trinajstić information content (AvgIpc) is 2.32. The Bertz CT molecular complexity index is 387. The van der Waals surface area contributed by atoms with Crippen molar-refractivity contribution < 1.29 is 4.74 Å². The van der Waals surface area contributed by atoms with Crippen molar-refractivity contribution in [2.75, 3.05) is 13.2 Å². The third-order valence-corrected chi connectivity index (χ3v) is 3.34. The zero-order valence-electron chi connectivity index (χ0n) is 14.0. The number of aryl methyl sites for hydroxylation is 2. The van der Waals surface area contributed by atoms with Gasteiger partial charge in [0.1, 0.15) is 5.75 Å². The third kappa shape index (κ3) is 5.96. The Labute approximate surface area is 124 Å². The third-order valence-electron chi connectivity index (χ3n) is 3.34. The summed E-state index contributed by atoms with van der Waals surface area (Å²) in [5, 5.41) is 3.49. The summed E-state index contributed by atoms with van der Waals surface area (Å²) in [7, 11) is 0. The Morgan fingerprint density at radius 1 is 1.00 bits per heavy atom. The van der Waals surface area contributed by atoms with Gasteiger partial charge in [0.05, 0.1) is 6.61 Å². The Kier molecular flexibility index (Phi) is 7.08. The molecule has 0 bridgehead atoms. The second-order valence-corrected chi connectivity index (χ2v) is 6.61. The lowest BCUT2D eigenvalue weighted by molar-refractivity contribution is 0.286. The van der Waals surface area contributed by atoms with E-state index in [4.69, 9.17) is 4.74 Å². The SMILES string of the molecule is Cc1cc(CNCC(C)C)cc(C)c1OCCC(C)C. The maximum atomic E-state index is 5.96. The molecular formula is C18H31NO. The molecule has 0 amide bonds. The number of hydrogen-bond acceptors (Lipinski definition) is 2. The smallest absolute Gasteiger partial charge is 0.125 e. The molecule has 0 aliphatic heterocycles. The number of ether oxygens (including phenoxy) is 1. The lowest BCUT2D eigenvalue weighted by Crippen LogP contribution is -2.19. The Balaban J connectivity index is 2.61. The summed E-state index contributed by atoms with van der Waals surface area (Å²) < 4.78 is 5.96. The monoisotopic (exact) mass is 277 g/mol. The minimum Gasteiger partial charge on any atom is -0.493 e. The highest BCUT2D eigenvalue weighted by Crippen LogP contribution is 2.25. The first-order chi connectivity index (χ1) is 9.40. The number of nitrogens with one attached hydrogen (secondary N) is 1. The highest BCUT2D eigenvalue weighted by atomic mass is 16.5. The summed E-state index contributed by atoms with van der Waals surface area (Å²) in [6.07, 6.45) is 1.11. The van der Waals surface area contributed by atoms with Gasteiger partial charge in [-0.1, -0.05) is 39.8 Å². The quantitative estimate of drug-likeness (QED) is 0.756. The van der Waals surface area contributed by atoms with Crippen molar-refractivity contribution in [3.05, 3.63) is 28.8 Å². The van der Waals surface area contributed by atoms with Gasteiger partial charge in [0.2, 0.25) is 0 Å². The van der Waals surface area contributed by atoms with Gasteiger partial charge in [-0.15, -0.1) is 0 Å². The molecule has 20 heavy (non-hydrogen) atoms. The predicted octanol–water partition coefficient (Wildman–Crippen LogP) is 4.47. The maximum Gasteiger partial charge on any atom is 0.125 e. The van der Waals surface area contributed by atoms with Crippen molar-refractivity contribution >= 4 is 0 Å². The van der Waals surface area contributed by atoms with Crippen LogP contribution in [-0.4, -0.2) is 13.2 Å². The van der Waals surface area contributed by atoms with Crippen molar-refractivity contribution in [2.45, 2.75) is 54.5 Å². The van der Waals surface area contributed by atoms with E-state index in [0.717, 1.165) is 31.9 Å². The highest BCUT2D eigenvalue weighted by molar-refractivity contribution is 5.43. The summed E-state index contributed by atoms with van der Waals surface area (Å²) in [5.41, 5.74) is 3.84. The standard InChI is InChI=1S/C18H31NO/c1-13(2)7-8-20-18-15(5)9-17(10-16(18)6)12-19-11-14(3)4/h9-10,13-14,19H,7-8,11-12H2,1-6H3. The van der Waals surface area contributed by atoms with Crippen LogP contribution in [0.5, 0.6) is 5.75 Å². The zero-order valence-corrected chi connectivity index (χ0v) is 14.0. The van der Waals surface area contributed by atoms with Gasteiger partial charge in [-0.3, -0.25) is 0 Å². The molecule has 1 aromatic carbocycles. The molecule has 0 spiro atoms. The molecule has 0 fully saturated rings. The minimum absolute atomic E-state index is 0.690. The molecule has 114 valence electrons. The van der Waals surface area contributed by atoms with Crippen LogP contribution < -0.4 is 10.1 Å².